The van der Waals surface area contributed by atoms with Crippen molar-refractivity contribution in [1.82, 2.24) is 24.6 Å². The molecule has 202 valence electrons. The lowest BCUT2D eigenvalue weighted by molar-refractivity contribution is 0.197. The average Bonchev–Trinajstić information content (AvgIpc) is 3.76. The zero-order valence-electron chi connectivity index (χ0n) is 22.4. The van der Waals surface area contributed by atoms with E-state index in [2.05, 4.69) is 48.2 Å². The molecular weight excluding hydrogens is 506 g/mol. The van der Waals surface area contributed by atoms with Crippen molar-refractivity contribution in [2.24, 2.45) is 4.99 Å². The van der Waals surface area contributed by atoms with Crippen molar-refractivity contribution in [2.75, 3.05) is 24.2 Å². The monoisotopic (exact) mass is 541 g/mol. The predicted molar refractivity (Wildman–Crippen MR) is 158 cm³/mol. The van der Waals surface area contributed by atoms with Crippen molar-refractivity contribution < 1.29 is 4.74 Å². The fourth-order valence-electron chi connectivity index (χ4n) is 6.21. The number of H-pyrrole nitrogens is 1. The zero-order valence-corrected chi connectivity index (χ0v) is 23.2. The number of nitrogens with zero attached hydrogens (tertiary/aromatic N) is 5. The molecule has 1 unspecified atom stereocenters. The molecule has 1 saturated carbocycles. The van der Waals surface area contributed by atoms with E-state index in [0.29, 0.717) is 6.04 Å². The van der Waals surface area contributed by atoms with Gasteiger partial charge in [-0.25, -0.2) is 0 Å². The van der Waals surface area contributed by atoms with Crippen LogP contribution in [0.2, 0.25) is 0 Å². The van der Waals surface area contributed by atoms with Gasteiger partial charge < -0.3 is 19.6 Å². The second-order valence-corrected chi connectivity index (χ2v) is 11.9. The van der Waals surface area contributed by atoms with Gasteiger partial charge in [-0.1, -0.05) is 31.0 Å². The summed E-state index contributed by atoms with van der Waals surface area (Å²) >= 11 is 1.80. The Morgan fingerprint density at radius 1 is 1.08 bits per heavy atom. The molecule has 0 amide bonds. The molecule has 2 aromatic heterocycles. The highest BCUT2D eigenvalue weighted by atomic mass is 32.2. The van der Waals surface area contributed by atoms with Gasteiger partial charge in [0.15, 0.2) is 0 Å². The number of ether oxygens (including phenoxy) is 1. The maximum Gasteiger partial charge on any atom is 0.147 e. The summed E-state index contributed by atoms with van der Waals surface area (Å²) in [7, 11) is 0. The number of aliphatic imine (C=N–C) groups is 1. The molecule has 0 radical (unpaired) electrons. The Morgan fingerprint density at radius 3 is 2.77 bits per heavy atom. The molecule has 1 aliphatic carbocycles. The van der Waals surface area contributed by atoms with Crippen LogP contribution in [-0.2, 0) is 18.6 Å². The summed E-state index contributed by atoms with van der Waals surface area (Å²) in [6.45, 7) is 5.81. The number of aromatic amines is 1. The third-order valence-corrected chi connectivity index (χ3v) is 9.35. The quantitative estimate of drug-likeness (QED) is 0.281. The third kappa shape index (κ3) is 4.94. The highest BCUT2D eigenvalue weighted by Gasteiger charge is 2.37. The van der Waals surface area contributed by atoms with Crippen LogP contribution in [0.5, 0.6) is 11.5 Å². The largest absolute Gasteiger partial charge is 0.457 e. The Morgan fingerprint density at radius 2 is 1.95 bits per heavy atom. The number of aryl methyl sites for hydroxylation is 1. The summed E-state index contributed by atoms with van der Waals surface area (Å²) in [6, 6.07) is 17.1. The van der Waals surface area contributed by atoms with Gasteiger partial charge >= 0.3 is 0 Å². The van der Waals surface area contributed by atoms with E-state index >= 15 is 0 Å². The molecule has 2 N–H and O–H groups in total. The van der Waals surface area contributed by atoms with Crippen molar-refractivity contribution in [3.05, 3.63) is 65.9 Å². The first-order chi connectivity index (χ1) is 19.1. The molecule has 0 bridgehead atoms. The fraction of sp³-hybridized carbons (Fsp3) is 0.433. The van der Waals surface area contributed by atoms with Crippen LogP contribution >= 0.6 is 11.8 Å². The van der Waals surface area contributed by atoms with E-state index in [1.165, 1.54) is 31.4 Å². The molecule has 0 saturated heterocycles. The van der Waals surface area contributed by atoms with Crippen LogP contribution < -0.4 is 10.1 Å². The van der Waals surface area contributed by atoms with Crippen LogP contribution in [0.15, 0.2) is 53.5 Å². The normalized spacial score (nSPS) is 21.6. The Bertz CT molecular complexity index is 1490. The van der Waals surface area contributed by atoms with Gasteiger partial charge in [0.25, 0.3) is 0 Å². The Labute approximate surface area is 233 Å². The lowest BCUT2D eigenvalue weighted by Gasteiger charge is -2.31. The predicted octanol–water partition coefficient (Wildman–Crippen LogP) is 6.09. The first-order valence-corrected chi connectivity index (χ1v) is 15.1. The molecule has 7 rings (SSSR count). The van der Waals surface area contributed by atoms with Gasteiger partial charge in [0.1, 0.15) is 28.7 Å². The molecule has 2 aliphatic heterocycles. The first kappa shape index (κ1) is 24.7. The lowest BCUT2D eigenvalue weighted by atomic mass is 9.93. The van der Waals surface area contributed by atoms with Crippen molar-refractivity contribution in [3.8, 4) is 11.5 Å². The second-order valence-electron chi connectivity index (χ2n) is 11.1. The Hall–Kier alpha value is -3.30. The van der Waals surface area contributed by atoms with Crippen LogP contribution in [0.3, 0.4) is 0 Å². The van der Waals surface area contributed by atoms with Crippen molar-refractivity contribution in [1.29, 1.82) is 0 Å². The second kappa shape index (κ2) is 10.4. The summed E-state index contributed by atoms with van der Waals surface area (Å²) < 4.78 is 8.54. The van der Waals surface area contributed by atoms with Crippen molar-refractivity contribution in [2.45, 2.75) is 63.7 Å². The molecule has 1 atom stereocenters. The van der Waals surface area contributed by atoms with E-state index in [9.17, 15) is 0 Å². The maximum atomic E-state index is 6.30. The van der Waals surface area contributed by atoms with E-state index in [0.717, 1.165) is 78.1 Å². The number of hydrogen-bond acceptors (Lipinski definition) is 7. The molecular formula is C30H35N7OS. The number of nitrogens with one attached hydrogen (secondary N) is 2. The summed E-state index contributed by atoms with van der Waals surface area (Å²) in [5.41, 5.74) is 5.21. The topological polar surface area (TPSA) is 83.4 Å². The standard InChI is InChI=1S/C30H35N7OS/c1-21-34-35-28-18-36(13-14-37(21)28)12-11-30(19-39-20-31-30)27-16-22-15-25(38-24-9-3-2-4-10-24)17-26(29(22)33-27)32-23-7-5-6-8-23/h2-4,9-10,15-17,20,23,32-33H,5-8,11-14,18-19H2,1H3. The first-order valence-electron chi connectivity index (χ1n) is 14.1. The molecule has 39 heavy (non-hydrogen) atoms. The fourth-order valence-corrected chi connectivity index (χ4v) is 7.21. The molecule has 1 fully saturated rings. The van der Waals surface area contributed by atoms with Crippen LogP contribution in [0.1, 0.15) is 49.4 Å². The highest BCUT2D eigenvalue weighted by Crippen LogP contribution is 2.41. The number of aromatic nitrogens is 4. The highest BCUT2D eigenvalue weighted by molar-refractivity contribution is 8.12. The summed E-state index contributed by atoms with van der Waals surface area (Å²) in [6.07, 6.45) is 5.96. The molecule has 0 spiro atoms. The van der Waals surface area contributed by atoms with E-state index < -0.39 is 0 Å². The van der Waals surface area contributed by atoms with Crippen molar-refractivity contribution in [3.63, 3.8) is 0 Å². The van der Waals surface area contributed by atoms with Crippen molar-refractivity contribution >= 4 is 33.9 Å². The SMILES string of the molecule is Cc1nnc2n1CCN(CCC1(c3cc4cc(Oc5ccccc5)cc(NC5CCCC5)c4[nH]3)CSC=N1)C2. The van der Waals surface area contributed by atoms with Gasteiger partial charge in [0.05, 0.1) is 23.3 Å². The average molecular weight is 542 g/mol. The number of benzene rings is 2. The molecule has 2 aromatic carbocycles. The minimum atomic E-state index is -0.268. The Kier molecular flexibility index (Phi) is 6.56. The van der Waals surface area contributed by atoms with Crippen LogP contribution in [0.25, 0.3) is 10.9 Å². The van der Waals surface area contributed by atoms with Gasteiger partial charge in [0, 0.05) is 48.6 Å². The maximum absolute atomic E-state index is 6.30. The molecule has 4 aromatic rings. The number of anilines is 1. The van der Waals surface area contributed by atoms with Gasteiger partial charge in [0.2, 0.25) is 0 Å². The number of hydrogen-bond donors (Lipinski definition) is 2. The zero-order chi connectivity index (χ0) is 26.2. The van der Waals surface area contributed by atoms with E-state index in [-0.39, 0.29) is 5.54 Å². The number of fused-ring (bicyclic) bond motifs is 2. The van der Waals surface area contributed by atoms with Gasteiger partial charge in [-0.05, 0) is 50.5 Å². The summed E-state index contributed by atoms with van der Waals surface area (Å²) in [5.74, 6) is 4.72. The van der Waals surface area contributed by atoms with E-state index in [1.807, 2.05) is 42.8 Å². The minimum Gasteiger partial charge on any atom is -0.457 e. The van der Waals surface area contributed by atoms with E-state index in [4.69, 9.17) is 9.73 Å². The lowest BCUT2D eigenvalue weighted by Crippen LogP contribution is -2.38. The van der Waals surface area contributed by atoms with Crippen LogP contribution in [0.4, 0.5) is 5.69 Å². The smallest absolute Gasteiger partial charge is 0.147 e. The summed E-state index contributed by atoms with van der Waals surface area (Å²) in [4.78, 5) is 11.4. The minimum absolute atomic E-state index is 0.268. The number of rotatable bonds is 8. The Balaban J connectivity index is 1.18. The van der Waals surface area contributed by atoms with Gasteiger partial charge in [-0.2, -0.15) is 0 Å². The van der Waals surface area contributed by atoms with Crippen LogP contribution in [-0.4, -0.2) is 55.1 Å². The number of thioether (sulfide) groups is 1. The molecule has 8 nitrogen and oxygen atoms in total. The van der Waals surface area contributed by atoms with Crippen LogP contribution in [0, 0.1) is 6.92 Å². The van der Waals surface area contributed by atoms with E-state index in [1.54, 1.807) is 11.8 Å². The number of para-hydroxylation sites is 1. The molecule has 3 aliphatic rings. The summed E-state index contributed by atoms with van der Waals surface area (Å²) in [5, 5.41) is 13.7. The third-order valence-electron chi connectivity index (χ3n) is 8.45. The molecule has 4 heterocycles. The molecule has 9 heteroatoms. The van der Waals surface area contributed by atoms with Gasteiger partial charge in [-0.15, -0.1) is 22.0 Å². The van der Waals surface area contributed by atoms with Gasteiger partial charge in [-0.3, -0.25) is 9.89 Å².